The highest BCUT2D eigenvalue weighted by atomic mass is 32.2. The lowest BCUT2D eigenvalue weighted by molar-refractivity contribution is -0.259. The average molecular weight is 535 g/mol. The number of carbonyl (C=O) groups is 4. The SMILES string of the molecule is CC(=O)O[C@@H]1[C@@H](OC(C)=O)[C@@H](Oc2ccc(C(=O)c3ccc(S(C)(=O)=O)cc3)cc2)OC[C@H]1OC(C)=O. The minimum absolute atomic E-state index is 0.102. The van der Waals surface area contributed by atoms with Crippen LogP contribution in [-0.2, 0) is 43.2 Å². The van der Waals surface area contributed by atoms with Crippen LogP contribution in [0.3, 0.4) is 0 Å². The number of hydrogen-bond acceptors (Lipinski definition) is 11. The van der Waals surface area contributed by atoms with E-state index in [1.54, 1.807) is 0 Å². The van der Waals surface area contributed by atoms with E-state index in [-0.39, 0.29) is 23.0 Å². The monoisotopic (exact) mass is 534 g/mol. The summed E-state index contributed by atoms with van der Waals surface area (Å²) in [5.74, 6) is -2.12. The quantitative estimate of drug-likeness (QED) is 0.277. The van der Waals surface area contributed by atoms with Crippen molar-refractivity contribution in [1.82, 2.24) is 0 Å². The molecule has 0 amide bonds. The largest absolute Gasteiger partial charge is 0.461 e. The van der Waals surface area contributed by atoms with Gasteiger partial charge in [-0.25, -0.2) is 8.42 Å². The van der Waals surface area contributed by atoms with Gasteiger partial charge in [-0.2, -0.15) is 0 Å². The van der Waals surface area contributed by atoms with Gasteiger partial charge in [0.25, 0.3) is 0 Å². The van der Waals surface area contributed by atoms with Gasteiger partial charge in [0.2, 0.25) is 12.4 Å². The lowest BCUT2D eigenvalue weighted by Gasteiger charge is -2.40. The summed E-state index contributed by atoms with van der Waals surface area (Å²) in [5, 5.41) is 0. The Morgan fingerprint density at radius 3 is 1.73 bits per heavy atom. The van der Waals surface area contributed by atoms with Gasteiger partial charge >= 0.3 is 17.9 Å². The fourth-order valence-electron chi connectivity index (χ4n) is 3.65. The zero-order chi connectivity index (χ0) is 27.3. The molecule has 12 heteroatoms. The Kier molecular flexibility index (Phi) is 8.66. The van der Waals surface area contributed by atoms with Gasteiger partial charge in [0, 0.05) is 38.2 Å². The van der Waals surface area contributed by atoms with Crippen LogP contribution in [0.5, 0.6) is 5.75 Å². The summed E-state index contributed by atoms with van der Waals surface area (Å²) in [6.45, 7) is 3.29. The molecule has 11 nitrogen and oxygen atoms in total. The normalized spacial score (nSPS) is 21.4. The number of hydrogen-bond donors (Lipinski definition) is 0. The van der Waals surface area contributed by atoms with E-state index < -0.39 is 52.3 Å². The van der Waals surface area contributed by atoms with Crippen LogP contribution in [0.25, 0.3) is 0 Å². The number of ketones is 1. The van der Waals surface area contributed by atoms with Gasteiger partial charge < -0.3 is 23.7 Å². The van der Waals surface area contributed by atoms with E-state index in [2.05, 4.69) is 0 Å². The summed E-state index contributed by atoms with van der Waals surface area (Å²) < 4.78 is 50.4. The van der Waals surface area contributed by atoms with Gasteiger partial charge in [0.05, 0.1) is 11.5 Å². The number of sulfone groups is 1. The molecule has 0 spiro atoms. The van der Waals surface area contributed by atoms with Crippen LogP contribution in [0.15, 0.2) is 53.4 Å². The topological polar surface area (TPSA) is 149 Å². The number of rotatable bonds is 8. The third-order valence-electron chi connectivity index (χ3n) is 5.22. The van der Waals surface area contributed by atoms with Crippen molar-refractivity contribution in [2.45, 2.75) is 50.3 Å². The number of carbonyl (C=O) groups excluding carboxylic acids is 4. The molecule has 2 aromatic carbocycles. The first kappa shape index (κ1) is 27.8. The molecule has 1 fully saturated rings. The predicted molar refractivity (Wildman–Crippen MR) is 126 cm³/mol. The fourth-order valence-corrected chi connectivity index (χ4v) is 4.28. The van der Waals surface area contributed by atoms with Crippen molar-refractivity contribution in [2.24, 2.45) is 0 Å². The second kappa shape index (κ2) is 11.5. The molecule has 0 aliphatic carbocycles. The maximum Gasteiger partial charge on any atom is 0.303 e. The van der Waals surface area contributed by atoms with Crippen molar-refractivity contribution in [3.63, 3.8) is 0 Å². The predicted octanol–water partition coefficient (Wildman–Crippen LogP) is 1.85. The Morgan fingerprint density at radius 1 is 0.757 bits per heavy atom. The first-order valence-corrected chi connectivity index (χ1v) is 13.0. The fraction of sp³-hybridized carbons (Fsp3) is 0.360. The first-order chi connectivity index (χ1) is 17.3. The van der Waals surface area contributed by atoms with Crippen LogP contribution >= 0.6 is 0 Å². The van der Waals surface area contributed by atoms with Crippen LogP contribution in [0.4, 0.5) is 0 Å². The molecule has 0 bridgehead atoms. The van der Waals surface area contributed by atoms with Gasteiger partial charge in [-0.15, -0.1) is 0 Å². The van der Waals surface area contributed by atoms with E-state index in [9.17, 15) is 27.6 Å². The molecule has 3 rings (SSSR count). The standard InChI is InChI=1S/C25H26O11S/c1-14(26)33-21-13-32-25(24(35-16(3)28)23(21)34-15(2)27)36-19-9-5-17(6-10-19)22(29)18-7-11-20(12-8-18)37(4,30)31/h5-12,21,23-25H,13H2,1-4H3/t21-,23+,24-,25-/m1/s1. The molecule has 0 saturated carbocycles. The lowest BCUT2D eigenvalue weighted by Crippen LogP contribution is -2.59. The van der Waals surface area contributed by atoms with Crippen molar-refractivity contribution in [1.29, 1.82) is 0 Å². The maximum absolute atomic E-state index is 12.8. The summed E-state index contributed by atoms with van der Waals surface area (Å²) >= 11 is 0. The molecule has 0 unspecified atom stereocenters. The molecule has 37 heavy (non-hydrogen) atoms. The molecule has 1 heterocycles. The number of benzene rings is 2. The van der Waals surface area contributed by atoms with Crippen LogP contribution in [0.2, 0.25) is 0 Å². The second-order valence-corrected chi connectivity index (χ2v) is 10.3. The van der Waals surface area contributed by atoms with E-state index in [1.165, 1.54) is 55.5 Å². The number of ether oxygens (including phenoxy) is 5. The minimum atomic E-state index is -3.39. The summed E-state index contributed by atoms with van der Waals surface area (Å²) in [4.78, 5) is 47.8. The van der Waals surface area contributed by atoms with E-state index in [0.717, 1.165) is 20.1 Å². The zero-order valence-corrected chi connectivity index (χ0v) is 21.4. The van der Waals surface area contributed by atoms with Gasteiger partial charge in [-0.1, -0.05) is 0 Å². The van der Waals surface area contributed by atoms with Crippen molar-refractivity contribution in [2.75, 3.05) is 12.9 Å². The summed E-state index contributed by atoms with van der Waals surface area (Å²) in [6.07, 6.45) is -3.60. The van der Waals surface area contributed by atoms with Crippen LogP contribution in [0, 0.1) is 0 Å². The highest BCUT2D eigenvalue weighted by molar-refractivity contribution is 7.90. The van der Waals surface area contributed by atoms with Crippen molar-refractivity contribution in [3.05, 3.63) is 59.7 Å². The Bertz CT molecular complexity index is 1270. The lowest BCUT2D eigenvalue weighted by atomic mass is 10.0. The average Bonchev–Trinajstić information content (AvgIpc) is 2.81. The van der Waals surface area contributed by atoms with Gasteiger partial charge in [-0.3, -0.25) is 19.2 Å². The molecule has 1 aliphatic rings. The smallest absolute Gasteiger partial charge is 0.303 e. The van der Waals surface area contributed by atoms with Crippen molar-refractivity contribution < 1.29 is 51.3 Å². The van der Waals surface area contributed by atoms with Crippen molar-refractivity contribution in [3.8, 4) is 5.75 Å². The zero-order valence-electron chi connectivity index (χ0n) is 20.5. The molecule has 0 radical (unpaired) electrons. The third-order valence-corrected chi connectivity index (χ3v) is 6.35. The van der Waals surface area contributed by atoms with E-state index in [0.29, 0.717) is 11.1 Å². The molecule has 1 aliphatic heterocycles. The van der Waals surface area contributed by atoms with Gasteiger partial charge in [-0.05, 0) is 48.5 Å². The molecule has 1 saturated heterocycles. The van der Waals surface area contributed by atoms with Crippen LogP contribution in [0.1, 0.15) is 36.7 Å². The minimum Gasteiger partial charge on any atom is -0.461 e. The molecule has 0 N–H and O–H groups in total. The van der Waals surface area contributed by atoms with Gasteiger partial charge in [0.1, 0.15) is 5.75 Å². The maximum atomic E-state index is 12.8. The molecular weight excluding hydrogens is 508 g/mol. The molecule has 198 valence electrons. The Morgan fingerprint density at radius 2 is 1.24 bits per heavy atom. The number of esters is 3. The Balaban J connectivity index is 1.78. The summed E-state index contributed by atoms with van der Waals surface area (Å²) in [6, 6.07) is 11.6. The molecule has 2 aromatic rings. The highest BCUT2D eigenvalue weighted by Gasteiger charge is 2.48. The van der Waals surface area contributed by atoms with E-state index >= 15 is 0 Å². The second-order valence-electron chi connectivity index (χ2n) is 8.27. The third kappa shape index (κ3) is 7.37. The van der Waals surface area contributed by atoms with E-state index in [1.807, 2.05) is 0 Å². The summed E-state index contributed by atoms with van der Waals surface area (Å²) in [5.41, 5.74) is 0.612. The van der Waals surface area contributed by atoms with E-state index in [4.69, 9.17) is 23.7 Å². The summed E-state index contributed by atoms with van der Waals surface area (Å²) in [7, 11) is -3.39. The first-order valence-electron chi connectivity index (χ1n) is 11.1. The Hall–Kier alpha value is -3.77. The Labute approximate surface area is 213 Å². The molecule has 4 atom stereocenters. The molecule has 0 aromatic heterocycles. The highest BCUT2D eigenvalue weighted by Crippen LogP contribution is 2.27. The van der Waals surface area contributed by atoms with Crippen LogP contribution < -0.4 is 4.74 Å². The van der Waals surface area contributed by atoms with Crippen molar-refractivity contribution >= 4 is 33.5 Å². The molecular formula is C25H26O11S. The van der Waals surface area contributed by atoms with Gasteiger partial charge in [0.15, 0.2) is 27.8 Å². The van der Waals surface area contributed by atoms with Crippen LogP contribution in [-0.4, -0.2) is 69.6 Å².